The van der Waals surface area contributed by atoms with Crippen molar-refractivity contribution in [3.63, 3.8) is 0 Å². The molecular formula is C15H12FNO4. The predicted molar refractivity (Wildman–Crippen MR) is 73.9 cm³/mol. The first-order valence-electron chi connectivity index (χ1n) is 6.12. The van der Waals surface area contributed by atoms with Crippen molar-refractivity contribution < 1.29 is 18.8 Å². The normalized spacial score (nSPS) is 10.2. The summed E-state index contributed by atoms with van der Waals surface area (Å²) in [7, 11) is 0. The summed E-state index contributed by atoms with van der Waals surface area (Å²) in [5, 5.41) is 10.9. The molecule has 0 N–H and O–H groups in total. The number of esters is 1. The van der Waals surface area contributed by atoms with Crippen LogP contribution in [0.15, 0.2) is 36.4 Å². The largest absolute Gasteiger partial charge is 0.415 e. The molecule has 0 aliphatic heterocycles. The summed E-state index contributed by atoms with van der Waals surface area (Å²) >= 11 is 0. The van der Waals surface area contributed by atoms with Crippen LogP contribution >= 0.6 is 0 Å². The number of hydrogen-bond donors (Lipinski definition) is 0. The third-order valence-corrected chi connectivity index (χ3v) is 3.15. The molecule has 0 amide bonds. The maximum Gasteiger partial charge on any atom is 0.344 e. The lowest BCUT2D eigenvalue weighted by molar-refractivity contribution is -0.385. The van der Waals surface area contributed by atoms with Crippen molar-refractivity contribution >= 4 is 11.7 Å². The third kappa shape index (κ3) is 3.05. The van der Waals surface area contributed by atoms with E-state index >= 15 is 0 Å². The Morgan fingerprint density at radius 1 is 1.24 bits per heavy atom. The Morgan fingerprint density at radius 2 is 1.95 bits per heavy atom. The number of nitrogens with zero attached hydrogens (tertiary/aromatic N) is 1. The van der Waals surface area contributed by atoms with E-state index in [0.717, 1.165) is 23.8 Å². The summed E-state index contributed by atoms with van der Waals surface area (Å²) in [5.41, 5.74) is 1.42. The molecule has 2 aromatic rings. The Kier molecular flexibility index (Phi) is 3.98. The van der Waals surface area contributed by atoms with E-state index in [0.29, 0.717) is 5.56 Å². The maximum absolute atomic E-state index is 13.2. The van der Waals surface area contributed by atoms with E-state index in [2.05, 4.69) is 0 Å². The van der Waals surface area contributed by atoms with Crippen molar-refractivity contribution in [1.29, 1.82) is 0 Å². The molecule has 0 radical (unpaired) electrons. The molecule has 21 heavy (non-hydrogen) atoms. The second-order valence-electron chi connectivity index (χ2n) is 4.51. The van der Waals surface area contributed by atoms with E-state index in [-0.39, 0.29) is 5.56 Å². The molecule has 108 valence electrons. The number of nitro benzene ring substituents is 1. The molecule has 0 saturated heterocycles. The Labute approximate surface area is 120 Å². The van der Waals surface area contributed by atoms with Gasteiger partial charge in [-0.2, -0.15) is 0 Å². The molecule has 2 aromatic carbocycles. The van der Waals surface area contributed by atoms with Gasteiger partial charge < -0.3 is 4.74 Å². The van der Waals surface area contributed by atoms with Gasteiger partial charge in [-0.15, -0.1) is 0 Å². The molecular weight excluding hydrogens is 277 g/mol. The van der Waals surface area contributed by atoms with Crippen LogP contribution in [0.2, 0.25) is 0 Å². The minimum absolute atomic E-state index is 0.286. The van der Waals surface area contributed by atoms with E-state index in [1.54, 1.807) is 19.1 Å². The van der Waals surface area contributed by atoms with Crippen LogP contribution in [-0.4, -0.2) is 10.9 Å². The van der Waals surface area contributed by atoms with Gasteiger partial charge in [0.15, 0.2) is 0 Å². The van der Waals surface area contributed by atoms with Crippen LogP contribution in [0.3, 0.4) is 0 Å². The van der Waals surface area contributed by atoms with Crippen molar-refractivity contribution in [1.82, 2.24) is 0 Å². The fourth-order valence-corrected chi connectivity index (χ4v) is 1.85. The highest BCUT2D eigenvalue weighted by molar-refractivity contribution is 5.93. The van der Waals surface area contributed by atoms with Crippen LogP contribution in [0.4, 0.5) is 10.1 Å². The van der Waals surface area contributed by atoms with E-state index in [4.69, 9.17) is 4.74 Å². The molecule has 0 saturated carbocycles. The van der Waals surface area contributed by atoms with Gasteiger partial charge in [-0.05, 0) is 37.1 Å². The molecule has 6 heteroatoms. The van der Waals surface area contributed by atoms with Gasteiger partial charge in [0, 0.05) is 12.1 Å². The van der Waals surface area contributed by atoms with E-state index in [9.17, 15) is 19.3 Å². The molecule has 0 bridgehead atoms. The van der Waals surface area contributed by atoms with Gasteiger partial charge in [0.05, 0.1) is 10.5 Å². The Hall–Kier alpha value is -2.76. The van der Waals surface area contributed by atoms with Crippen LogP contribution in [0, 0.1) is 29.8 Å². The number of carbonyl (C=O) groups is 1. The molecule has 0 fully saturated rings. The molecule has 0 aromatic heterocycles. The Bertz CT molecular complexity index is 728. The average Bonchev–Trinajstić information content (AvgIpc) is 2.41. The molecule has 0 heterocycles. The predicted octanol–water partition coefficient (Wildman–Crippen LogP) is 3.57. The van der Waals surface area contributed by atoms with Crippen LogP contribution in [-0.2, 0) is 0 Å². The van der Waals surface area contributed by atoms with E-state index in [1.807, 2.05) is 13.0 Å². The van der Waals surface area contributed by atoms with Gasteiger partial charge in [0.2, 0.25) is 5.75 Å². The first kappa shape index (κ1) is 14.6. The smallest absolute Gasteiger partial charge is 0.344 e. The van der Waals surface area contributed by atoms with Crippen LogP contribution < -0.4 is 4.74 Å². The Balaban J connectivity index is 2.38. The quantitative estimate of drug-likeness (QED) is 0.375. The number of benzene rings is 2. The number of ether oxygens (including phenoxy) is 1. The number of hydrogen-bond acceptors (Lipinski definition) is 4. The van der Waals surface area contributed by atoms with E-state index < -0.39 is 28.1 Å². The average molecular weight is 289 g/mol. The monoisotopic (exact) mass is 289 g/mol. The van der Waals surface area contributed by atoms with Crippen LogP contribution in [0.1, 0.15) is 21.5 Å². The van der Waals surface area contributed by atoms with Crippen molar-refractivity contribution in [2.24, 2.45) is 0 Å². The van der Waals surface area contributed by atoms with Gasteiger partial charge >= 0.3 is 11.7 Å². The first-order valence-corrected chi connectivity index (χ1v) is 6.12. The lowest BCUT2D eigenvalue weighted by Crippen LogP contribution is -2.12. The lowest BCUT2D eigenvalue weighted by atomic mass is 10.0. The topological polar surface area (TPSA) is 69.4 Å². The standard InChI is InChI=1S/C15H12FNO4/c1-9-4-3-5-12(10(9)2)15(18)21-14-8-11(16)6-7-13(14)17(19)20/h3-8H,1-2H3. The van der Waals surface area contributed by atoms with Crippen LogP contribution in [0.5, 0.6) is 5.75 Å². The number of rotatable bonds is 3. The fraction of sp³-hybridized carbons (Fsp3) is 0.133. The van der Waals surface area contributed by atoms with Crippen molar-refractivity contribution in [3.8, 4) is 5.75 Å². The van der Waals surface area contributed by atoms with Gasteiger partial charge in [0.1, 0.15) is 5.82 Å². The van der Waals surface area contributed by atoms with Gasteiger partial charge in [0.25, 0.3) is 0 Å². The third-order valence-electron chi connectivity index (χ3n) is 3.15. The highest BCUT2D eigenvalue weighted by Gasteiger charge is 2.20. The molecule has 0 aliphatic rings. The number of carbonyl (C=O) groups excluding carboxylic acids is 1. The van der Waals surface area contributed by atoms with Gasteiger partial charge in [-0.25, -0.2) is 9.18 Å². The zero-order valence-electron chi connectivity index (χ0n) is 11.4. The van der Waals surface area contributed by atoms with Gasteiger partial charge in [-0.1, -0.05) is 12.1 Å². The summed E-state index contributed by atoms with van der Waals surface area (Å²) in [6.45, 7) is 3.57. The first-order chi connectivity index (χ1) is 9.90. The second-order valence-corrected chi connectivity index (χ2v) is 4.51. The molecule has 0 atom stereocenters. The molecule has 5 nitrogen and oxygen atoms in total. The van der Waals surface area contributed by atoms with Crippen molar-refractivity contribution in [2.45, 2.75) is 13.8 Å². The van der Waals surface area contributed by atoms with Gasteiger partial charge in [-0.3, -0.25) is 10.1 Å². The molecule has 0 aliphatic carbocycles. The number of halogens is 1. The van der Waals surface area contributed by atoms with Crippen LogP contribution in [0.25, 0.3) is 0 Å². The summed E-state index contributed by atoms with van der Waals surface area (Å²) in [6.07, 6.45) is 0. The number of aryl methyl sites for hydroxylation is 1. The molecule has 0 spiro atoms. The fourth-order valence-electron chi connectivity index (χ4n) is 1.85. The summed E-state index contributed by atoms with van der Waals surface area (Å²) in [5.74, 6) is -1.89. The maximum atomic E-state index is 13.2. The Morgan fingerprint density at radius 3 is 2.62 bits per heavy atom. The van der Waals surface area contributed by atoms with E-state index in [1.165, 1.54) is 0 Å². The molecule has 0 unspecified atom stereocenters. The highest BCUT2D eigenvalue weighted by atomic mass is 19.1. The highest BCUT2D eigenvalue weighted by Crippen LogP contribution is 2.28. The summed E-state index contributed by atoms with van der Waals surface area (Å²) in [6, 6.07) is 7.78. The minimum Gasteiger partial charge on any atom is -0.415 e. The number of nitro groups is 1. The molecule has 2 rings (SSSR count). The summed E-state index contributed by atoms with van der Waals surface area (Å²) in [4.78, 5) is 22.2. The SMILES string of the molecule is Cc1cccc(C(=O)Oc2cc(F)ccc2[N+](=O)[O-])c1C. The lowest BCUT2D eigenvalue weighted by Gasteiger charge is -2.09. The summed E-state index contributed by atoms with van der Waals surface area (Å²) < 4.78 is 18.2. The van der Waals surface area contributed by atoms with Crippen molar-refractivity contribution in [2.75, 3.05) is 0 Å². The van der Waals surface area contributed by atoms with Crippen molar-refractivity contribution in [3.05, 3.63) is 69.0 Å². The minimum atomic E-state index is -0.759. The zero-order chi connectivity index (χ0) is 15.6. The zero-order valence-corrected chi connectivity index (χ0v) is 11.4. The second kappa shape index (κ2) is 5.70.